The maximum absolute atomic E-state index is 14.0. The topological polar surface area (TPSA) is 29.3 Å². The van der Waals surface area contributed by atoms with E-state index in [9.17, 15) is 4.39 Å². The Morgan fingerprint density at radius 1 is 1.42 bits per heavy atom. The first-order valence-corrected chi connectivity index (χ1v) is 7.31. The van der Waals surface area contributed by atoms with Crippen molar-refractivity contribution in [3.8, 4) is 0 Å². The van der Waals surface area contributed by atoms with E-state index in [1.54, 1.807) is 12.1 Å². The molecule has 1 aromatic rings. The highest BCUT2D eigenvalue weighted by molar-refractivity contribution is 6.30. The van der Waals surface area contributed by atoms with Crippen molar-refractivity contribution in [2.45, 2.75) is 38.8 Å². The molecule has 1 saturated carbocycles. The summed E-state index contributed by atoms with van der Waals surface area (Å²) in [4.78, 5) is 2.35. The molecule has 1 fully saturated rings. The van der Waals surface area contributed by atoms with Crippen LogP contribution in [0.3, 0.4) is 0 Å². The Kier molecular flexibility index (Phi) is 4.82. The Balaban J connectivity index is 2.28. The van der Waals surface area contributed by atoms with Crippen LogP contribution in [0.4, 0.5) is 4.39 Å². The van der Waals surface area contributed by atoms with Crippen molar-refractivity contribution >= 4 is 11.6 Å². The van der Waals surface area contributed by atoms with E-state index >= 15 is 0 Å². The Bertz CT molecular complexity index is 432. The standard InChI is InChI=1S/C15H22ClFN2/c1-10(2)9-19(12-4-5-12)15(8-18)13-7-11(16)3-6-14(13)17/h3,6-7,10,12,15H,4-5,8-9,18H2,1-2H3. The fraction of sp³-hybridized carbons (Fsp3) is 0.600. The average molecular weight is 285 g/mol. The van der Waals surface area contributed by atoms with Gasteiger partial charge in [-0.05, 0) is 37.0 Å². The molecule has 4 heteroatoms. The first-order chi connectivity index (χ1) is 9.02. The zero-order valence-electron chi connectivity index (χ0n) is 11.6. The van der Waals surface area contributed by atoms with E-state index in [1.807, 2.05) is 0 Å². The second-order valence-corrected chi connectivity index (χ2v) is 6.18. The minimum atomic E-state index is -0.214. The largest absolute Gasteiger partial charge is 0.329 e. The van der Waals surface area contributed by atoms with E-state index in [0.717, 1.165) is 6.54 Å². The molecule has 0 radical (unpaired) electrons. The highest BCUT2D eigenvalue weighted by atomic mass is 35.5. The molecule has 1 aromatic carbocycles. The molecule has 2 nitrogen and oxygen atoms in total. The quantitative estimate of drug-likeness (QED) is 0.865. The molecule has 19 heavy (non-hydrogen) atoms. The van der Waals surface area contributed by atoms with Gasteiger partial charge in [-0.15, -0.1) is 0 Å². The fourth-order valence-electron chi connectivity index (χ4n) is 2.57. The van der Waals surface area contributed by atoms with Gasteiger partial charge in [-0.1, -0.05) is 25.4 Å². The molecule has 1 aliphatic carbocycles. The highest BCUT2D eigenvalue weighted by Crippen LogP contribution is 2.36. The third-order valence-electron chi connectivity index (χ3n) is 3.53. The van der Waals surface area contributed by atoms with Gasteiger partial charge in [0, 0.05) is 29.7 Å². The van der Waals surface area contributed by atoms with Crippen molar-refractivity contribution in [2.75, 3.05) is 13.1 Å². The van der Waals surface area contributed by atoms with Gasteiger partial charge >= 0.3 is 0 Å². The Labute approximate surface area is 119 Å². The summed E-state index contributed by atoms with van der Waals surface area (Å²) >= 11 is 6.00. The lowest BCUT2D eigenvalue weighted by atomic mass is 10.0. The molecule has 1 atom stereocenters. The van der Waals surface area contributed by atoms with Gasteiger partial charge in [0.1, 0.15) is 5.82 Å². The predicted molar refractivity (Wildman–Crippen MR) is 77.8 cm³/mol. The van der Waals surface area contributed by atoms with Crippen LogP contribution in [0.15, 0.2) is 18.2 Å². The van der Waals surface area contributed by atoms with Gasteiger partial charge in [-0.25, -0.2) is 4.39 Å². The number of nitrogens with two attached hydrogens (primary N) is 1. The fourth-order valence-corrected chi connectivity index (χ4v) is 2.75. The number of hydrogen-bond donors (Lipinski definition) is 1. The van der Waals surface area contributed by atoms with Gasteiger partial charge < -0.3 is 5.73 Å². The molecular weight excluding hydrogens is 263 g/mol. The summed E-state index contributed by atoms with van der Waals surface area (Å²) < 4.78 is 14.0. The normalized spacial score (nSPS) is 17.2. The molecule has 2 rings (SSSR count). The molecular formula is C15H22ClFN2. The van der Waals surface area contributed by atoms with Crippen molar-refractivity contribution in [1.29, 1.82) is 0 Å². The van der Waals surface area contributed by atoms with Crippen molar-refractivity contribution in [1.82, 2.24) is 4.90 Å². The second kappa shape index (κ2) is 6.21. The highest BCUT2D eigenvalue weighted by Gasteiger charge is 2.35. The maximum Gasteiger partial charge on any atom is 0.128 e. The number of hydrogen-bond acceptors (Lipinski definition) is 2. The molecule has 0 spiro atoms. The van der Waals surface area contributed by atoms with Crippen molar-refractivity contribution in [3.63, 3.8) is 0 Å². The average Bonchev–Trinajstić information content (AvgIpc) is 3.16. The molecule has 0 aliphatic heterocycles. The van der Waals surface area contributed by atoms with Gasteiger partial charge in [0.05, 0.1) is 6.04 Å². The van der Waals surface area contributed by atoms with Crippen LogP contribution in [0.1, 0.15) is 38.3 Å². The van der Waals surface area contributed by atoms with Crippen LogP contribution >= 0.6 is 11.6 Å². The molecule has 0 saturated heterocycles. The van der Waals surface area contributed by atoms with E-state index in [2.05, 4.69) is 18.7 Å². The van der Waals surface area contributed by atoms with Gasteiger partial charge in [0.25, 0.3) is 0 Å². The summed E-state index contributed by atoms with van der Waals surface area (Å²) in [6.45, 7) is 5.72. The summed E-state index contributed by atoms with van der Waals surface area (Å²) in [5, 5.41) is 0.565. The molecule has 0 heterocycles. The minimum Gasteiger partial charge on any atom is -0.329 e. The van der Waals surface area contributed by atoms with Crippen molar-refractivity contribution in [3.05, 3.63) is 34.6 Å². The van der Waals surface area contributed by atoms with E-state index in [1.165, 1.54) is 18.9 Å². The zero-order valence-corrected chi connectivity index (χ0v) is 12.3. The Hall–Kier alpha value is -0.640. The van der Waals surface area contributed by atoms with E-state index in [-0.39, 0.29) is 11.9 Å². The lowest BCUT2D eigenvalue weighted by Gasteiger charge is -2.33. The summed E-state index contributed by atoms with van der Waals surface area (Å²) in [5.41, 5.74) is 6.54. The third-order valence-corrected chi connectivity index (χ3v) is 3.77. The summed E-state index contributed by atoms with van der Waals surface area (Å²) in [6, 6.07) is 5.20. The number of halogens is 2. The van der Waals surface area contributed by atoms with Crippen LogP contribution in [-0.2, 0) is 0 Å². The van der Waals surface area contributed by atoms with Crippen LogP contribution in [-0.4, -0.2) is 24.0 Å². The number of nitrogens with zero attached hydrogens (tertiary/aromatic N) is 1. The first kappa shape index (κ1) is 14.8. The van der Waals surface area contributed by atoms with Gasteiger partial charge in [0.15, 0.2) is 0 Å². The van der Waals surface area contributed by atoms with Gasteiger partial charge in [-0.2, -0.15) is 0 Å². The molecule has 0 bridgehead atoms. The monoisotopic (exact) mass is 284 g/mol. The lowest BCUT2D eigenvalue weighted by Crippen LogP contribution is -2.38. The predicted octanol–water partition coefficient (Wildman–Crippen LogP) is 3.60. The molecule has 0 aromatic heterocycles. The van der Waals surface area contributed by atoms with Crippen LogP contribution in [0.2, 0.25) is 5.02 Å². The summed E-state index contributed by atoms with van der Waals surface area (Å²) in [7, 11) is 0. The van der Waals surface area contributed by atoms with E-state index < -0.39 is 0 Å². The second-order valence-electron chi connectivity index (χ2n) is 5.74. The van der Waals surface area contributed by atoms with Crippen LogP contribution in [0.25, 0.3) is 0 Å². The summed E-state index contributed by atoms with van der Waals surface area (Å²) in [6.07, 6.45) is 2.37. The molecule has 106 valence electrons. The molecule has 0 amide bonds. The van der Waals surface area contributed by atoms with Crippen LogP contribution in [0, 0.1) is 11.7 Å². The van der Waals surface area contributed by atoms with Gasteiger partial charge in [-0.3, -0.25) is 4.90 Å². The molecule has 1 aliphatic rings. The van der Waals surface area contributed by atoms with E-state index in [0.29, 0.717) is 29.1 Å². The Morgan fingerprint density at radius 2 is 2.11 bits per heavy atom. The van der Waals surface area contributed by atoms with Crippen molar-refractivity contribution < 1.29 is 4.39 Å². The molecule has 1 unspecified atom stereocenters. The first-order valence-electron chi connectivity index (χ1n) is 6.93. The maximum atomic E-state index is 14.0. The molecule has 2 N–H and O–H groups in total. The van der Waals surface area contributed by atoms with Gasteiger partial charge in [0.2, 0.25) is 0 Å². The van der Waals surface area contributed by atoms with Crippen molar-refractivity contribution in [2.24, 2.45) is 11.7 Å². The minimum absolute atomic E-state index is 0.0754. The Morgan fingerprint density at radius 3 is 2.63 bits per heavy atom. The smallest absolute Gasteiger partial charge is 0.128 e. The summed E-state index contributed by atoms with van der Waals surface area (Å²) in [5.74, 6) is 0.325. The number of benzene rings is 1. The lowest BCUT2D eigenvalue weighted by molar-refractivity contribution is 0.166. The number of rotatable bonds is 6. The van der Waals surface area contributed by atoms with Crippen LogP contribution < -0.4 is 5.73 Å². The third kappa shape index (κ3) is 3.68. The van der Waals surface area contributed by atoms with E-state index in [4.69, 9.17) is 17.3 Å². The zero-order chi connectivity index (χ0) is 14.0. The SMILES string of the molecule is CC(C)CN(C1CC1)C(CN)c1cc(Cl)ccc1F. The van der Waals surface area contributed by atoms with Crippen LogP contribution in [0.5, 0.6) is 0 Å².